The normalized spacial score (nSPS) is 27.8. The molecule has 3 atom stereocenters. The van der Waals surface area contributed by atoms with Gasteiger partial charge < -0.3 is 41.1 Å². The van der Waals surface area contributed by atoms with Gasteiger partial charge in [-0.2, -0.15) is 0 Å². The van der Waals surface area contributed by atoms with Crippen LogP contribution in [0, 0.1) is 0 Å². The van der Waals surface area contributed by atoms with E-state index >= 15 is 0 Å². The maximum Gasteiger partial charge on any atom is 0.255 e. The zero-order valence-electron chi connectivity index (χ0n) is 15.9. The molecule has 3 unspecified atom stereocenters. The summed E-state index contributed by atoms with van der Waals surface area (Å²) in [6, 6.07) is 3.67. The number of Topliss-reactive ketones (excluding diaryl/α,β-unsaturated/α-hetero) is 2. The van der Waals surface area contributed by atoms with E-state index in [2.05, 4.69) is 0 Å². The summed E-state index contributed by atoms with van der Waals surface area (Å²) < 4.78 is 5.03. The van der Waals surface area contributed by atoms with Crippen molar-refractivity contribution in [2.45, 2.75) is 23.7 Å². The summed E-state index contributed by atoms with van der Waals surface area (Å²) in [5, 5.41) is 64.3. The minimum Gasteiger partial charge on any atom is -0.508 e. The first-order chi connectivity index (χ1) is 14.4. The second-order valence-corrected chi connectivity index (χ2v) is 7.49. The number of fused-ring (bicyclic) bond motifs is 3. The highest BCUT2D eigenvalue weighted by Gasteiger charge is 2.70. The Hall–Kier alpha value is -3.67. The molecule has 8 N–H and O–H groups in total. The zero-order chi connectivity index (χ0) is 23.0. The highest BCUT2D eigenvalue weighted by molar-refractivity contribution is 6.24. The fourth-order valence-electron chi connectivity index (χ4n) is 4.34. The molecule has 0 aromatic heterocycles. The van der Waals surface area contributed by atoms with Gasteiger partial charge in [0.15, 0.2) is 11.5 Å². The van der Waals surface area contributed by atoms with Crippen molar-refractivity contribution >= 4 is 28.2 Å². The van der Waals surface area contributed by atoms with Crippen molar-refractivity contribution in [2.24, 2.45) is 5.73 Å². The number of carbonyl (C=O) groups excluding carboxylic acids is 3. The first kappa shape index (κ1) is 20.6. The van der Waals surface area contributed by atoms with Gasteiger partial charge >= 0.3 is 0 Å². The van der Waals surface area contributed by atoms with E-state index in [1.807, 2.05) is 0 Å². The lowest BCUT2D eigenvalue weighted by Gasteiger charge is -2.50. The van der Waals surface area contributed by atoms with E-state index < -0.39 is 69.6 Å². The van der Waals surface area contributed by atoms with Crippen LogP contribution in [0.5, 0.6) is 17.2 Å². The van der Waals surface area contributed by atoms with Crippen LogP contribution in [0.15, 0.2) is 29.5 Å². The number of benzene rings is 2. The highest BCUT2D eigenvalue weighted by atomic mass is 16.5. The van der Waals surface area contributed by atoms with Crippen LogP contribution in [0.3, 0.4) is 0 Å². The standard InChI is InChI=1S/C20H17NO10/c1-31-7-2-6-3-8-12(14(24)11(6)9(22)4-7)16(26)20(30)17(27)13(18(21)28)10(23)5-19(20,29)15(8)25/h2-4,15,22,24-25,27,29-30H,5H2,1H3,(H2,21,28). The summed E-state index contributed by atoms with van der Waals surface area (Å²) >= 11 is 0. The molecule has 0 saturated heterocycles. The Balaban J connectivity index is 2.11. The van der Waals surface area contributed by atoms with Crippen LogP contribution in [0.2, 0.25) is 0 Å². The topological polar surface area (TPSA) is 208 Å². The van der Waals surface area contributed by atoms with Crippen molar-refractivity contribution in [3.8, 4) is 17.2 Å². The Bertz CT molecular complexity index is 1250. The zero-order valence-corrected chi connectivity index (χ0v) is 15.9. The number of primary amides is 1. The Morgan fingerprint density at radius 1 is 1.16 bits per heavy atom. The molecule has 31 heavy (non-hydrogen) atoms. The number of aliphatic hydroxyl groups is 4. The van der Waals surface area contributed by atoms with E-state index in [-0.39, 0.29) is 22.1 Å². The fourth-order valence-corrected chi connectivity index (χ4v) is 4.34. The molecular formula is C20H17NO10. The average Bonchev–Trinajstić information content (AvgIpc) is 2.69. The molecule has 0 bridgehead atoms. The molecule has 0 spiro atoms. The molecule has 0 fully saturated rings. The number of nitrogens with two attached hydrogens (primary N) is 1. The quantitative estimate of drug-likeness (QED) is 0.295. The Labute approximate surface area is 173 Å². The summed E-state index contributed by atoms with van der Waals surface area (Å²) in [5.41, 5.74) is -3.49. The van der Waals surface area contributed by atoms with Gasteiger partial charge in [0.1, 0.15) is 34.5 Å². The van der Waals surface area contributed by atoms with Crippen molar-refractivity contribution < 1.29 is 49.8 Å². The molecule has 1 amide bonds. The lowest BCUT2D eigenvalue weighted by molar-refractivity contribution is -0.193. The maximum atomic E-state index is 13.3. The highest BCUT2D eigenvalue weighted by Crippen LogP contribution is 2.55. The van der Waals surface area contributed by atoms with Crippen molar-refractivity contribution in [1.29, 1.82) is 0 Å². The molecule has 2 aromatic rings. The number of aliphatic hydroxyl groups excluding tert-OH is 2. The predicted octanol–water partition coefficient (Wildman–Crippen LogP) is -0.778. The number of ether oxygens (including phenoxy) is 1. The lowest BCUT2D eigenvalue weighted by atomic mass is 9.60. The van der Waals surface area contributed by atoms with Crippen LogP contribution < -0.4 is 10.5 Å². The molecule has 0 saturated carbocycles. The van der Waals surface area contributed by atoms with Crippen molar-refractivity contribution in [1.82, 2.24) is 0 Å². The molecular weight excluding hydrogens is 414 g/mol. The number of amides is 1. The van der Waals surface area contributed by atoms with Crippen molar-refractivity contribution in [3.63, 3.8) is 0 Å². The van der Waals surface area contributed by atoms with Gasteiger partial charge in [0.25, 0.3) is 5.91 Å². The van der Waals surface area contributed by atoms with E-state index in [1.54, 1.807) is 0 Å². The van der Waals surface area contributed by atoms with Gasteiger partial charge in [0, 0.05) is 12.5 Å². The molecule has 0 radical (unpaired) electrons. The third-order valence-corrected chi connectivity index (χ3v) is 5.89. The van der Waals surface area contributed by atoms with Crippen molar-refractivity contribution in [3.05, 3.63) is 40.7 Å². The summed E-state index contributed by atoms with van der Waals surface area (Å²) in [7, 11) is 1.32. The van der Waals surface area contributed by atoms with Gasteiger partial charge in [-0.25, -0.2) is 0 Å². The van der Waals surface area contributed by atoms with E-state index in [0.29, 0.717) is 0 Å². The number of aromatic hydroxyl groups is 2. The number of phenols is 2. The maximum absolute atomic E-state index is 13.3. The minimum atomic E-state index is -3.37. The molecule has 4 rings (SSSR count). The number of ketones is 2. The first-order valence-electron chi connectivity index (χ1n) is 8.91. The smallest absolute Gasteiger partial charge is 0.255 e. The van der Waals surface area contributed by atoms with E-state index in [1.165, 1.54) is 13.2 Å². The molecule has 11 heteroatoms. The SMILES string of the molecule is COc1cc(O)c2c(O)c3c(cc2c1)C(O)C1(O)CC(=O)C(C(N)=O)=C(O)C1(O)C3=O. The first-order valence-corrected chi connectivity index (χ1v) is 8.91. The molecule has 2 aliphatic carbocycles. The number of carbonyl (C=O) groups is 3. The van der Waals surface area contributed by atoms with Gasteiger partial charge in [-0.15, -0.1) is 0 Å². The molecule has 11 nitrogen and oxygen atoms in total. The van der Waals surface area contributed by atoms with Crippen LogP contribution >= 0.6 is 0 Å². The van der Waals surface area contributed by atoms with Gasteiger partial charge in [0.05, 0.1) is 18.1 Å². The van der Waals surface area contributed by atoms with E-state index in [9.17, 15) is 45.0 Å². The van der Waals surface area contributed by atoms with Crippen LogP contribution in [-0.2, 0) is 9.59 Å². The van der Waals surface area contributed by atoms with Gasteiger partial charge in [-0.05, 0) is 23.1 Å². The van der Waals surface area contributed by atoms with Crippen LogP contribution in [0.4, 0.5) is 0 Å². The Kier molecular flexibility index (Phi) is 4.10. The molecule has 0 heterocycles. The van der Waals surface area contributed by atoms with Crippen LogP contribution in [-0.4, -0.2) is 66.4 Å². The average molecular weight is 431 g/mol. The summed E-state index contributed by atoms with van der Waals surface area (Å²) in [5.74, 6) is -6.88. The number of hydrogen-bond donors (Lipinski definition) is 7. The fraction of sp³-hybridized carbons (Fsp3) is 0.250. The number of phenolic OH excluding ortho intramolecular Hbond substituents is 2. The number of methoxy groups -OCH3 is 1. The number of hydrogen-bond acceptors (Lipinski definition) is 10. The van der Waals surface area contributed by atoms with E-state index in [4.69, 9.17) is 10.5 Å². The summed E-state index contributed by atoms with van der Waals surface area (Å²) in [4.78, 5) is 37.2. The third-order valence-electron chi connectivity index (χ3n) is 5.89. The van der Waals surface area contributed by atoms with Gasteiger partial charge in [-0.3, -0.25) is 14.4 Å². The third kappa shape index (κ3) is 2.30. The van der Waals surface area contributed by atoms with Crippen LogP contribution in [0.1, 0.15) is 28.4 Å². The van der Waals surface area contributed by atoms with E-state index in [0.717, 1.165) is 12.1 Å². The van der Waals surface area contributed by atoms with Gasteiger partial charge in [-0.1, -0.05) is 0 Å². The molecule has 2 aliphatic rings. The predicted molar refractivity (Wildman–Crippen MR) is 101 cm³/mol. The lowest BCUT2D eigenvalue weighted by Crippen LogP contribution is -2.69. The summed E-state index contributed by atoms with van der Waals surface area (Å²) in [6.07, 6.45) is -3.30. The minimum absolute atomic E-state index is 0.105. The Morgan fingerprint density at radius 3 is 2.39 bits per heavy atom. The summed E-state index contributed by atoms with van der Waals surface area (Å²) in [6.45, 7) is 0. The monoisotopic (exact) mass is 431 g/mol. The van der Waals surface area contributed by atoms with Crippen LogP contribution in [0.25, 0.3) is 10.8 Å². The molecule has 2 aromatic carbocycles. The molecule has 162 valence electrons. The second kappa shape index (κ2) is 6.17. The van der Waals surface area contributed by atoms with Crippen molar-refractivity contribution in [2.75, 3.05) is 7.11 Å². The largest absolute Gasteiger partial charge is 0.508 e. The number of rotatable bonds is 2. The Morgan fingerprint density at radius 2 is 1.81 bits per heavy atom. The van der Waals surface area contributed by atoms with Gasteiger partial charge in [0.2, 0.25) is 11.4 Å². The molecule has 0 aliphatic heterocycles. The second-order valence-electron chi connectivity index (χ2n) is 7.49.